The fourth-order valence-electron chi connectivity index (χ4n) is 0.363. The highest BCUT2D eigenvalue weighted by Gasteiger charge is 1.93. The van der Waals surface area contributed by atoms with Crippen LogP contribution < -0.4 is 10.6 Å². The standard InChI is InChI=1S/C7H10N2O2.ClH/c1-3-6(10)8-5-9-7(11)4-2;/h3-4H,1-2,5H2,(H,8,10)(H,9,11);1H. The highest BCUT2D eigenvalue weighted by Crippen LogP contribution is 1.65. The maximum Gasteiger partial charge on any atom is 0.244 e. The molecule has 0 aliphatic heterocycles. The van der Waals surface area contributed by atoms with Crippen molar-refractivity contribution in [3.63, 3.8) is 0 Å². The molecule has 0 heterocycles. The molecule has 0 bridgehead atoms. The largest absolute Gasteiger partial charge is 0.335 e. The average Bonchev–Trinajstić information content (AvgIpc) is 2.04. The average molecular weight is 191 g/mol. The molecule has 0 aliphatic carbocycles. The van der Waals surface area contributed by atoms with E-state index in [1.54, 1.807) is 0 Å². The van der Waals surface area contributed by atoms with Gasteiger partial charge in [0.2, 0.25) is 11.8 Å². The van der Waals surface area contributed by atoms with Crippen LogP contribution in [0.2, 0.25) is 0 Å². The molecule has 0 saturated carbocycles. The molecule has 0 saturated heterocycles. The zero-order valence-electron chi connectivity index (χ0n) is 6.50. The second-order valence-corrected chi connectivity index (χ2v) is 1.67. The van der Waals surface area contributed by atoms with Crippen molar-refractivity contribution in [2.75, 3.05) is 6.67 Å². The van der Waals surface area contributed by atoms with Crippen LogP contribution in [0.5, 0.6) is 0 Å². The predicted octanol–water partition coefficient (Wildman–Crippen LogP) is -0.0299. The minimum atomic E-state index is -0.325. The Kier molecular flexibility index (Phi) is 8.67. The Hall–Kier alpha value is -1.29. The Bertz CT molecular complexity index is 172. The molecule has 0 rings (SSSR count). The lowest BCUT2D eigenvalue weighted by Crippen LogP contribution is -2.35. The number of rotatable bonds is 4. The van der Waals surface area contributed by atoms with E-state index in [4.69, 9.17) is 0 Å². The van der Waals surface area contributed by atoms with Crippen molar-refractivity contribution in [1.29, 1.82) is 0 Å². The molecule has 0 aliphatic rings. The van der Waals surface area contributed by atoms with E-state index < -0.39 is 0 Å². The molecule has 2 amide bonds. The zero-order valence-corrected chi connectivity index (χ0v) is 7.32. The molecule has 0 aromatic carbocycles. The van der Waals surface area contributed by atoms with Gasteiger partial charge in [-0.3, -0.25) is 9.59 Å². The van der Waals surface area contributed by atoms with E-state index in [9.17, 15) is 9.59 Å². The van der Waals surface area contributed by atoms with Gasteiger partial charge in [-0.15, -0.1) is 12.4 Å². The number of carbonyl (C=O) groups is 2. The summed E-state index contributed by atoms with van der Waals surface area (Å²) in [6.45, 7) is 6.56. The smallest absolute Gasteiger partial charge is 0.244 e. The van der Waals surface area contributed by atoms with E-state index in [2.05, 4.69) is 23.8 Å². The van der Waals surface area contributed by atoms with Crippen molar-refractivity contribution in [3.8, 4) is 0 Å². The number of halogens is 1. The Morgan fingerprint density at radius 1 is 1.08 bits per heavy atom. The maximum atomic E-state index is 10.5. The number of amides is 2. The summed E-state index contributed by atoms with van der Waals surface area (Å²) in [6, 6.07) is 0. The fourth-order valence-corrected chi connectivity index (χ4v) is 0.363. The van der Waals surface area contributed by atoms with E-state index >= 15 is 0 Å². The zero-order chi connectivity index (χ0) is 8.69. The number of carbonyl (C=O) groups excluding carboxylic acids is 2. The summed E-state index contributed by atoms with van der Waals surface area (Å²) in [5, 5.41) is 4.72. The van der Waals surface area contributed by atoms with Crippen LogP contribution in [0, 0.1) is 0 Å². The van der Waals surface area contributed by atoms with Gasteiger partial charge in [-0.1, -0.05) is 13.2 Å². The lowest BCUT2D eigenvalue weighted by Gasteiger charge is -2.01. The molecule has 0 radical (unpaired) electrons. The van der Waals surface area contributed by atoms with Crippen molar-refractivity contribution in [3.05, 3.63) is 25.3 Å². The van der Waals surface area contributed by atoms with Crippen LogP contribution in [-0.2, 0) is 9.59 Å². The molecule has 0 spiro atoms. The number of hydrogen-bond donors (Lipinski definition) is 2. The van der Waals surface area contributed by atoms with Crippen molar-refractivity contribution in [2.45, 2.75) is 0 Å². The first-order valence-electron chi connectivity index (χ1n) is 3.01. The van der Waals surface area contributed by atoms with Gasteiger partial charge in [0, 0.05) is 0 Å². The highest BCUT2D eigenvalue weighted by molar-refractivity contribution is 5.89. The van der Waals surface area contributed by atoms with Crippen LogP contribution in [0.25, 0.3) is 0 Å². The van der Waals surface area contributed by atoms with Crippen molar-refractivity contribution in [2.24, 2.45) is 0 Å². The van der Waals surface area contributed by atoms with E-state index in [1.165, 1.54) is 0 Å². The van der Waals surface area contributed by atoms with Gasteiger partial charge in [0.1, 0.15) is 0 Å². The van der Waals surface area contributed by atoms with E-state index in [0.717, 1.165) is 12.2 Å². The lowest BCUT2D eigenvalue weighted by atomic mass is 10.5. The Morgan fingerprint density at radius 2 is 1.42 bits per heavy atom. The highest BCUT2D eigenvalue weighted by atomic mass is 35.5. The molecular formula is C7H11ClN2O2. The van der Waals surface area contributed by atoms with Crippen molar-refractivity contribution in [1.82, 2.24) is 10.6 Å². The van der Waals surface area contributed by atoms with E-state index in [-0.39, 0.29) is 30.9 Å². The molecular weight excluding hydrogens is 180 g/mol. The molecule has 0 unspecified atom stereocenters. The molecule has 0 fully saturated rings. The van der Waals surface area contributed by atoms with Gasteiger partial charge in [0.25, 0.3) is 0 Å². The van der Waals surface area contributed by atoms with Crippen LogP contribution in [0.15, 0.2) is 25.3 Å². The Balaban J connectivity index is 0. The molecule has 0 aromatic rings. The summed E-state index contributed by atoms with van der Waals surface area (Å²) >= 11 is 0. The van der Waals surface area contributed by atoms with Gasteiger partial charge >= 0.3 is 0 Å². The van der Waals surface area contributed by atoms with Gasteiger partial charge in [0.15, 0.2) is 0 Å². The molecule has 12 heavy (non-hydrogen) atoms. The first kappa shape index (κ1) is 13.3. The van der Waals surface area contributed by atoms with Gasteiger partial charge in [-0.25, -0.2) is 0 Å². The molecule has 5 heteroatoms. The molecule has 0 aromatic heterocycles. The van der Waals surface area contributed by atoms with Crippen molar-refractivity contribution >= 4 is 24.2 Å². The number of hydrogen-bond acceptors (Lipinski definition) is 2. The van der Waals surface area contributed by atoms with Gasteiger partial charge < -0.3 is 10.6 Å². The normalized spacial score (nSPS) is 7.33. The summed E-state index contributed by atoms with van der Waals surface area (Å²) in [7, 11) is 0. The predicted molar refractivity (Wildman–Crippen MR) is 48.8 cm³/mol. The summed E-state index contributed by atoms with van der Waals surface area (Å²) in [5.41, 5.74) is 0. The van der Waals surface area contributed by atoms with Gasteiger partial charge in [-0.05, 0) is 12.2 Å². The molecule has 4 nitrogen and oxygen atoms in total. The monoisotopic (exact) mass is 190 g/mol. The molecule has 2 N–H and O–H groups in total. The maximum absolute atomic E-state index is 10.5. The van der Waals surface area contributed by atoms with Gasteiger partial charge in [0.05, 0.1) is 6.67 Å². The lowest BCUT2D eigenvalue weighted by molar-refractivity contribution is -0.118. The summed E-state index contributed by atoms with van der Waals surface area (Å²) < 4.78 is 0. The quantitative estimate of drug-likeness (QED) is 0.483. The minimum Gasteiger partial charge on any atom is -0.335 e. The fraction of sp³-hybridized carbons (Fsp3) is 0.143. The van der Waals surface area contributed by atoms with Crippen LogP contribution in [0.1, 0.15) is 0 Å². The molecule has 68 valence electrons. The van der Waals surface area contributed by atoms with E-state index in [1.807, 2.05) is 0 Å². The van der Waals surface area contributed by atoms with Crippen LogP contribution in [0.3, 0.4) is 0 Å². The van der Waals surface area contributed by atoms with Gasteiger partial charge in [-0.2, -0.15) is 0 Å². The summed E-state index contributed by atoms with van der Waals surface area (Å²) in [4.78, 5) is 21.0. The summed E-state index contributed by atoms with van der Waals surface area (Å²) in [5.74, 6) is -0.649. The third-order valence-corrected chi connectivity index (χ3v) is 0.896. The minimum absolute atomic E-state index is 0. The van der Waals surface area contributed by atoms with Crippen LogP contribution >= 0.6 is 12.4 Å². The molecule has 0 atom stereocenters. The Morgan fingerprint density at radius 3 is 1.67 bits per heavy atom. The van der Waals surface area contributed by atoms with E-state index in [0.29, 0.717) is 0 Å². The third-order valence-electron chi connectivity index (χ3n) is 0.896. The third kappa shape index (κ3) is 6.82. The SMILES string of the molecule is C=CC(=O)NCNC(=O)C=C.Cl. The first-order valence-corrected chi connectivity index (χ1v) is 3.01. The topological polar surface area (TPSA) is 58.2 Å². The van der Waals surface area contributed by atoms with Crippen LogP contribution in [-0.4, -0.2) is 18.5 Å². The summed E-state index contributed by atoms with van der Waals surface area (Å²) in [6.07, 6.45) is 2.25. The second-order valence-electron chi connectivity index (χ2n) is 1.67. The first-order chi connectivity index (χ1) is 5.20. The Labute approximate surface area is 77.1 Å². The number of nitrogens with one attached hydrogen (secondary N) is 2. The van der Waals surface area contributed by atoms with Crippen molar-refractivity contribution < 1.29 is 9.59 Å². The van der Waals surface area contributed by atoms with Crippen LogP contribution in [0.4, 0.5) is 0 Å². The second kappa shape index (κ2) is 7.81.